The highest BCUT2D eigenvalue weighted by molar-refractivity contribution is 5.94. The Hall–Kier alpha value is -4.39. The quantitative estimate of drug-likeness (QED) is 0.428. The van der Waals surface area contributed by atoms with Gasteiger partial charge in [-0.2, -0.15) is 0 Å². The van der Waals surface area contributed by atoms with Crippen LogP contribution >= 0.6 is 0 Å². The van der Waals surface area contributed by atoms with E-state index in [-0.39, 0.29) is 18.4 Å². The molecule has 4 aromatic rings. The SMILES string of the molecule is CC(=O)Nc1cccc(NC(=O)COc2cccc3ccc(N4CCc5ccccc5C4)nc23)c1. The van der Waals surface area contributed by atoms with Gasteiger partial charge in [0.05, 0.1) is 0 Å². The molecule has 0 unspecified atom stereocenters. The number of nitrogens with one attached hydrogen (secondary N) is 2. The molecule has 2 heterocycles. The Morgan fingerprint density at radius 3 is 2.51 bits per heavy atom. The average molecular weight is 467 g/mol. The number of hydrogen-bond acceptors (Lipinski definition) is 5. The first kappa shape index (κ1) is 22.4. The maximum absolute atomic E-state index is 12.5. The molecule has 0 saturated heterocycles. The number of pyridine rings is 1. The van der Waals surface area contributed by atoms with Crippen molar-refractivity contribution < 1.29 is 14.3 Å². The summed E-state index contributed by atoms with van der Waals surface area (Å²) in [6, 6.07) is 25.3. The molecule has 2 amide bonds. The number of rotatable bonds is 6. The van der Waals surface area contributed by atoms with Crippen LogP contribution in [-0.2, 0) is 22.6 Å². The van der Waals surface area contributed by atoms with Gasteiger partial charge in [-0.3, -0.25) is 9.59 Å². The van der Waals surface area contributed by atoms with Crippen molar-refractivity contribution in [3.05, 3.63) is 90.0 Å². The smallest absolute Gasteiger partial charge is 0.262 e. The van der Waals surface area contributed by atoms with E-state index in [1.165, 1.54) is 18.1 Å². The first-order valence-corrected chi connectivity index (χ1v) is 11.6. The summed E-state index contributed by atoms with van der Waals surface area (Å²) < 4.78 is 5.88. The molecule has 35 heavy (non-hydrogen) atoms. The third-order valence-corrected chi connectivity index (χ3v) is 5.95. The zero-order chi connectivity index (χ0) is 24.2. The predicted molar refractivity (Wildman–Crippen MR) is 138 cm³/mol. The monoisotopic (exact) mass is 466 g/mol. The Bertz CT molecular complexity index is 1400. The van der Waals surface area contributed by atoms with Crippen molar-refractivity contribution in [1.29, 1.82) is 0 Å². The third kappa shape index (κ3) is 5.24. The number of fused-ring (bicyclic) bond motifs is 2. The second-order valence-electron chi connectivity index (χ2n) is 8.54. The molecule has 0 atom stereocenters. The number of hydrogen-bond donors (Lipinski definition) is 2. The van der Waals surface area contributed by atoms with E-state index in [0.29, 0.717) is 17.1 Å². The van der Waals surface area contributed by atoms with Crippen LogP contribution in [0.5, 0.6) is 5.75 Å². The maximum atomic E-state index is 12.5. The summed E-state index contributed by atoms with van der Waals surface area (Å²) >= 11 is 0. The lowest BCUT2D eigenvalue weighted by atomic mass is 10.00. The molecule has 0 fully saturated rings. The minimum absolute atomic E-state index is 0.160. The number of benzene rings is 3. The minimum Gasteiger partial charge on any atom is -0.481 e. The second kappa shape index (κ2) is 9.85. The highest BCUT2D eigenvalue weighted by Gasteiger charge is 2.18. The van der Waals surface area contributed by atoms with E-state index in [2.05, 4.69) is 39.8 Å². The number of para-hydroxylation sites is 1. The molecule has 0 spiro atoms. The average Bonchev–Trinajstić information content (AvgIpc) is 2.86. The van der Waals surface area contributed by atoms with Crippen LogP contribution in [0.3, 0.4) is 0 Å². The van der Waals surface area contributed by atoms with Crippen molar-refractivity contribution in [3.8, 4) is 5.75 Å². The molecule has 0 saturated carbocycles. The number of ether oxygens (including phenoxy) is 1. The number of anilines is 3. The maximum Gasteiger partial charge on any atom is 0.262 e. The molecule has 0 radical (unpaired) electrons. The van der Waals surface area contributed by atoms with Crippen LogP contribution in [0.25, 0.3) is 10.9 Å². The van der Waals surface area contributed by atoms with Gasteiger partial charge in [0.1, 0.15) is 17.1 Å². The molecular formula is C28H26N4O3. The molecule has 1 aromatic heterocycles. The van der Waals surface area contributed by atoms with Crippen LogP contribution in [0, 0.1) is 0 Å². The summed E-state index contributed by atoms with van der Waals surface area (Å²) in [4.78, 5) is 31.0. The van der Waals surface area contributed by atoms with Crippen LogP contribution in [0.1, 0.15) is 18.1 Å². The second-order valence-corrected chi connectivity index (χ2v) is 8.54. The van der Waals surface area contributed by atoms with Gasteiger partial charge >= 0.3 is 0 Å². The van der Waals surface area contributed by atoms with Crippen LogP contribution < -0.4 is 20.3 Å². The Labute approximate surface area is 203 Å². The molecular weight excluding hydrogens is 440 g/mol. The zero-order valence-corrected chi connectivity index (χ0v) is 19.5. The van der Waals surface area contributed by atoms with Crippen LogP contribution in [0.2, 0.25) is 0 Å². The van der Waals surface area contributed by atoms with Gasteiger partial charge in [-0.05, 0) is 53.9 Å². The van der Waals surface area contributed by atoms with Crippen molar-refractivity contribution >= 4 is 39.9 Å². The zero-order valence-electron chi connectivity index (χ0n) is 19.5. The van der Waals surface area contributed by atoms with Crippen molar-refractivity contribution in [2.24, 2.45) is 0 Å². The summed E-state index contributed by atoms with van der Waals surface area (Å²) in [6.45, 7) is 3.00. The van der Waals surface area contributed by atoms with Gasteiger partial charge in [-0.15, -0.1) is 0 Å². The third-order valence-electron chi connectivity index (χ3n) is 5.95. The van der Waals surface area contributed by atoms with Crippen LogP contribution in [-0.4, -0.2) is 29.9 Å². The van der Waals surface area contributed by atoms with Gasteiger partial charge in [0.2, 0.25) is 5.91 Å². The first-order chi connectivity index (χ1) is 17.0. The van der Waals surface area contributed by atoms with E-state index in [1.807, 2.05) is 30.3 Å². The molecule has 0 bridgehead atoms. The van der Waals surface area contributed by atoms with Gasteiger partial charge in [-0.1, -0.05) is 42.5 Å². The van der Waals surface area contributed by atoms with Crippen LogP contribution in [0.15, 0.2) is 78.9 Å². The summed E-state index contributed by atoms with van der Waals surface area (Å²) in [5, 5.41) is 6.45. The van der Waals surface area contributed by atoms with Gasteiger partial charge in [0.15, 0.2) is 6.61 Å². The lowest BCUT2D eigenvalue weighted by Crippen LogP contribution is -2.30. The van der Waals surface area contributed by atoms with E-state index in [4.69, 9.17) is 9.72 Å². The fourth-order valence-corrected chi connectivity index (χ4v) is 4.31. The number of aromatic nitrogens is 1. The van der Waals surface area contributed by atoms with Crippen molar-refractivity contribution in [2.75, 3.05) is 28.7 Å². The largest absolute Gasteiger partial charge is 0.481 e. The van der Waals surface area contributed by atoms with Gasteiger partial charge in [0.25, 0.3) is 5.91 Å². The van der Waals surface area contributed by atoms with Gasteiger partial charge in [0, 0.05) is 36.8 Å². The number of nitrogens with zero attached hydrogens (tertiary/aromatic N) is 2. The number of amides is 2. The first-order valence-electron chi connectivity index (χ1n) is 11.6. The summed E-state index contributed by atoms with van der Waals surface area (Å²) in [6.07, 6.45) is 0.983. The van der Waals surface area contributed by atoms with Crippen molar-refractivity contribution in [1.82, 2.24) is 4.98 Å². The highest BCUT2D eigenvalue weighted by Crippen LogP contribution is 2.29. The molecule has 176 valence electrons. The van der Waals surface area contributed by atoms with Crippen molar-refractivity contribution in [2.45, 2.75) is 19.9 Å². The molecule has 5 rings (SSSR count). The standard InChI is InChI=1S/C28H26N4O3/c1-19(33)29-23-9-5-10-24(16-23)30-27(34)18-35-25-11-4-8-21-12-13-26(31-28(21)25)32-15-14-20-6-2-3-7-22(20)17-32/h2-13,16H,14-15,17-18H2,1H3,(H,29,33)(H,30,34). The van der Waals surface area contributed by atoms with Gasteiger partial charge < -0.3 is 20.3 Å². The number of carbonyl (C=O) groups excluding carboxylic acids is 2. The lowest BCUT2D eigenvalue weighted by molar-refractivity contribution is -0.118. The Balaban J connectivity index is 1.29. The molecule has 3 aromatic carbocycles. The van der Waals surface area contributed by atoms with E-state index in [0.717, 1.165) is 36.2 Å². The Kier molecular flexibility index (Phi) is 6.30. The molecule has 0 aliphatic carbocycles. The summed E-state index contributed by atoms with van der Waals surface area (Å²) in [5.41, 5.74) is 4.63. The lowest BCUT2D eigenvalue weighted by Gasteiger charge is -2.30. The minimum atomic E-state index is -0.300. The highest BCUT2D eigenvalue weighted by atomic mass is 16.5. The van der Waals surface area contributed by atoms with E-state index in [9.17, 15) is 9.59 Å². The van der Waals surface area contributed by atoms with Gasteiger partial charge in [-0.25, -0.2) is 4.98 Å². The van der Waals surface area contributed by atoms with E-state index < -0.39 is 0 Å². The summed E-state index contributed by atoms with van der Waals surface area (Å²) in [5.74, 6) is 0.977. The molecule has 1 aliphatic rings. The number of carbonyl (C=O) groups is 2. The summed E-state index contributed by atoms with van der Waals surface area (Å²) in [7, 11) is 0. The van der Waals surface area contributed by atoms with E-state index in [1.54, 1.807) is 24.3 Å². The predicted octanol–water partition coefficient (Wildman–Crippen LogP) is 4.77. The molecule has 7 heteroatoms. The molecule has 2 N–H and O–H groups in total. The van der Waals surface area contributed by atoms with Crippen molar-refractivity contribution in [3.63, 3.8) is 0 Å². The van der Waals surface area contributed by atoms with Crippen LogP contribution in [0.4, 0.5) is 17.2 Å². The fraction of sp³-hybridized carbons (Fsp3) is 0.179. The normalized spacial score (nSPS) is 12.7. The molecule has 7 nitrogen and oxygen atoms in total. The fourth-order valence-electron chi connectivity index (χ4n) is 4.31. The topological polar surface area (TPSA) is 83.6 Å². The Morgan fingerprint density at radius 2 is 1.69 bits per heavy atom. The van der Waals surface area contributed by atoms with E-state index >= 15 is 0 Å². The Morgan fingerprint density at radius 1 is 0.914 bits per heavy atom. The molecule has 1 aliphatic heterocycles.